The van der Waals surface area contributed by atoms with Gasteiger partial charge in [-0.25, -0.2) is 8.42 Å². The van der Waals surface area contributed by atoms with Crippen LogP contribution >= 0.6 is 0 Å². The fraction of sp³-hybridized carbons (Fsp3) is 0.957. The predicted molar refractivity (Wildman–Crippen MR) is 124 cm³/mol. The van der Waals surface area contributed by atoms with Gasteiger partial charge in [0.1, 0.15) is 24.4 Å². The van der Waals surface area contributed by atoms with Crippen molar-refractivity contribution in [2.24, 2.45) is 0 Å². The van der Waals surface area contributed by atoms with Crippen LogP contribution in [0.25, 0.3) is 0 Å². The molecule has 0 saturated carbocycles. The Morgan fingerprint density at radius 1 is 0.829 bits per heavy atom. The molecule has 202 valence electrons. The third-order valence-electron chi connectivity index (χ3n) is 5.86. The zero-order valence-electron chi connectivity index (χ0n) is 21.3. The van der Waals surface area contributed by atoms with Gasteiger partial charge in [-0.15, -0.1) is 0 Å². The van der Waals surface area contributed by atoms with Gasteiger partial charge in [-0.3, -0.25) is 4.79 Å². The minimum absolute atomic E-state index is 0. The van der Waals surface area contributed by atoms with Crippen LogP contribution < -0.4 is 29.6 Å². The molecule has 0 aromatic rings. The van der Waals surface area contributed by atoms with Crippen molar-refractivity contribution in [1.29, 1.82) is 0 Å². The van der Waals surface area contributed by atoms with Gasteiger partial charge in [-0.2, -0.15) is 0 Å². The number of esters is 1. The zero-order chi connectivity index (χ0) is 25.4. The molecule has 0 radical (unpaired) electrons. The molecule has 0 aliphatic carbocycles. The van der Waals surface area contributed by atoms with Gasteiger partial charge in [0.2, 0.25) is 0 Å². The summed E-state index contributed by atoms with van der Waals surface area (Å²) in [7, 11) is -4.72. The van der Waals surface area contributed by atoms with Crippen LogP contribution in [0.4, 0.5) is 0 Å². The Morgan fingerprint density at radius 2 is 1.37 bits per heavy atom. The van der Waals surface area contributed by atoms with Crippen molar-refractivity contribution in [3.05, 3.63) is 0 Å². The number of unbranched alkanes of at least 4 members (excludes halogenated alkanes) is 10. The van der Waals surface area contributed by atoms with Crippen LogP contribution in [0.2, 0.25) is 0 Å². The molecule has 10 nitrogen and oxygen atoms in total. The van der Waals surface area contributed by atoms with E-state index in [1.54, 1.807) is 0 Å². The van der Waals surface area contributed by atoms with Crippen LogP contribution in [0.3, 0.4) is 0 Å². The first-order valence-electron chi connectivity index (χ1n) is 12.6. The van der Waals surface area contributed by atoms with E-state index in [9.17, 15) is 33.1 Å². The van der Waals surface area contributed by atoms with Crippen LogP contribution in [0.1, 0.15) is 90.4 Å². The molecule has 1 saturated heterocycles. The molecule has 0 unspecified atom stereocenters. The van der Waals surface area contributed by atoms with E-state index in [0.717, 1.165) is 19.3 Å². The van der Waals surface area contributed by atoms with Crippen molar-refractivity contribution in [3.63, 3.8) is 0 Å². The number of hydrogen-bond donors (Lipinski definition) is 3. The summed E-state index contributed by atoms with van der Waals surface area (Å²) in [6.45, 7) is 2.31. The first kappa shape index (κ1) is 35.2. The molecule has 3 N–H and O–H groups in total. The molecule has 0 aromatic heterocycles. The molecular weight excluding hydrogens is 491 g/mol. The van der Waals surface area contributed by atoms with Gasteiger partial charge in [0.25, 0.3) is 0 Å². The van der Waals surface area contributed by atoms with Gasteiger partial charge >= 0.3 is 35.5 Å². The molecule has 0 spiro atoms. The van der Waals surface area contributed by atoms with E-state index in [4.69, 9.17) is 14.2 Å². The average Bonchev–Trinajstić information content (AvgIpc) is 2.77. The first-order valence-corrected chi connectivity index (χ1v) is 14.1. The van der Waals surface area contributed by atoms with Crippen LogP contribution in [0, 0.1) is 0 Å². The third-order valence-corrected chi connectivity index (χ3v) is 6.59. The smallest absolute Gasteiger partial charge is 0.748 e. The fourth-order valence-corrected chi connectivity index (χ4v) is 4.52. The summed E-state index contributed by atoms with van der Waals surface area (Å²) < 4.78 is 48.3. The third kappa shape index (κ3) is 16.6. The number of hydrogen-bond acceptors (Lipinski definition) is 10. The van der Waals surface area contributed by atoms with Gasteiger partial charge in [0, 0.05) is 12.8 Å². The molecule has 0 amide bonds. The number of carbonyl (C=O) groups excluding carboxylic acids is 1. The monoisotopic (exact) mass is 534 g/mol. The van der Waals surface area contributed by atoms with E-state index in [1.165, 1.54) is 51.4 Å². The van der Waals surface area contributed by atoms with Gasteiger partial charge < -0.3 is 34.1 Å². The summed E-state index contributed by atoms with van der Waals surface area (Å²) in [6.07, 6.45) is 5.84. The summed E-state index contributed by atoms with van der Waals surface area (Å²) in [5.74, 6) is -1.35. The van der Waals surface area contributed by atoms with Crippen LogP contribution in [-0.2, 0) is 29.1 Å². The van der Waals surface area contributed by atoms with Crippen molar-refractivity contribution in [2.75, 3.05) is 19.0 Å². The summed E-state index contributed by atoms with van der Waals surface area (Å²) in [5.41, 5.74) is 0. The maximum absolute atomic E-state index is 11.8. The van der Waals surface area contributed by atoms with Gasteiger partial charge in [0.05, 0.1) is 29.1 Å². The second-order valence-electron chi connectivity index (χ2n) is 8.97. The van der Waals surface area contributed by atoms with E-state index in [2.05, 4.69) is 6.92 Å². The number of ether oxygens (including phenoxy) is 3. The minimum atomic E-state index is -4.72. The second kappa shape index (κ2) is 20.2. The molecule has 1 fully saturated rings. The summed E-state index contributed by atoms with van der Waals surface area (Å²) in [5, 5.41) is 29.6. The van der Waals surface area contributed by atoms with E-state index in [-0.39, 0.29) is 48.7 Å². The van der Waals surface area contributed by atoms with Crippen LogP contribution in [0.15, 0.2) is 0 Å². The Bertz CT molecular complexity index is 648. The van der Waals surface area contributed by atoms with Crippen LogP contribution in [-0.4, -0.2) is 83.9 Å². The Morgan fingerprint density at radius 3 is 1.91 bits per heavy atom. The number of aliphatic hydroxyl groups excluding tert-OH is 3. The molecular formula is C23H43NaO10S. The maximum Gasteiger partial charge on any atom is 1.00 e. The van der Waals surface area contributed by atoms with E-state index >= 15 is 0 Å². The van der Waals surface area contributed by atoms with Gasteiger partial charge in [-0.05, 0) is 6.42 Å². The van der Waals surface area contributed by atoms with Crippen molar-refractivity contribution >= 4 is 16.1 Å². The predicted octanol–water partition coefficient (Wildman–Crippen LogP) is -1.01. The summed E-state index contributed by atoms with van der Waals surface area (Å²) in [4.78, 5) is 11.8. The van der Waals surface area contributed by atoms with E-state index in [0.29, 0.717) is 12.8 Å². The topological polar surface area (TPSA) is 163 Å². The van der Waals surface area contributed by atoms with Crippen molar-refractivity contribution in [2.45, 2.75) is 121 Å². The largest absolute Gasteiger partial charge is 1.00 e. The summed E-state index contributed by atoms with van der Waals surface area (Å²) in [6, 6.07) is 0. The summed E-state index contributed by atoms with van der Waals surface area (Å²) >= 11 is 0. The van der Waals surface area contributed by atoms with Crippen molar-refractivity contribution < 1.29 is 76.9 Å². The molecule has 1 aliphatic rings. The zero-order valence-corrected chi connectivity index (χ0v) is 24.1. The Labute approximate surface area is 232 Å². The Hall–Kier alpha value is 0.180. The molecule has 35 heavy (non-hydrogen) atoms. The maximum atomic E-state index is 11.8. The number of carbonyl (C=O) groups is 1. The standard InChI is InChI=1S/C23H44O10S.Na/c1-2-3-4-5-6-7-8-9-10-11-12-14-19(24)31-15-13-16-32-23-22(27)21(26)20(25)18(33-23)17-34(28,29)30;/h18,20-23,25-27H,2-17H2,1H3,(H,28,29,30);/q;+1/p-1/t18-,20-,21+,22-,23+;/m1./s1. The molecule has 0 bridgehead atoms. The van der Waals surface area contributed by atoms with Crippen molar-refractivity contribution in [3.8, 4) is 0 Å². The first-order chi connectivity index (χ1) is 16.2. The fourth-order valence-electron chi connectivity index (χ4n) is 3.84. The minimum Gasteiger partial charge on any atom is -0.748 e. The molecule has 1 aliphatic heterocycles. The quantitative estimate of drug-likeness (QED) is 0.0810. The number of aliphatic hydroxyl groups is 3. The molecule has 0 aromatic carbocycles. The average molecular weight is 535 g/mol. The van der Waals surface area contributed by atoms with Gasteiger partial charge in [-0.1, -0.05) is 71.1 Å². The molecule has 12 heteroatoms. The van der Waals surface area contributed by atoms with E-state index in [1.807, 2.05) is 0 Å². The van der Waals surface area contributed by atoms with E-state index < -0.39 is 46.6 Å². The van der Waals surface area contributed by atoms with Crippen LogP contribution in [0.5, 0.6) is 0 Å². The molecule has 1 rings (SSSR count). The van der Waals surface area contributed by atoms with Gasteiger partial charge in [0.15, 0.2) is 6.29 Å². The second-order valence-corrected chi connectivity index (χ2v) is 10.4. The Balaban J connectivity index is 0.0000116. The van der Waals surface area contributed by atoms with Crippen molar-refractivity contribution in [1.82, 2.24) is 0 Å². The Kier molecular flexibility index (Phi) is 20.3. The molecule has 5 atom stereocenters. The molecule has 1 heterocycles. The normalized spacial score (nSPS) is 24.7. The SMILES string of the molecule is CCCCCCCCCCCCCC(=O)OCCCO[C@H]1O[C@H](CS(=O)(=O)[O-])[C@@H](O)[C@H](O)[C@H]1O.[Na+]. The number of rotatable bonds is 19.